The van der Waals surface area contributed by atoms with E-state index in [1.807, 2.05) is 17.2 Å². The number of aromatic amines is 1. The lowest BCUT2D eigenvalue weighted by Gasteiger charge is -2.32. The Hall–Kier alpha value is -2.71. The number of aromatic nitrogens is 2. The summed E-state index contributed by atoms with van der Waals surface area (Å²) in [5, 5.41) is 1.15. The number of carbonyl (C=O) groups is 1. The van der Waals surface area contributed by atoms with Gasteiger partial charge in [0.05, 0.1) is 4.90 Å². The van der Waals surface area contributed by atoms with Gasteiger partial charge in [-0.15, -0.1) is 0 Å². The molecule has 3 heterocycles. The molecular weight excluding hydrogens is 388 g/mol. The van der Waals surface area contributed by atoms with E-state index in [-0.39, 0.29) is 10.8 Å². The average molecular weight is 413 g/mol. The number of pyridine rings is 1. The largest absolute Gasteiger partial charge is 0.346 e. The summed E-state index contributed by atoms with van der Waals surface area (Å²) in [5.41, 5.74) is 2.67. The summed E-state index contributed by atoms with van der Waals surface area (Å²) in [4.78, 5) is 22.5. The Balaban J connectivity index is 1.44. The van der Waals surface area contributed by atoms with Gasteiger partial charge in [-0.2, -0.15) is 0 Å². The van der Waals surface area contributed by atoms with E-state index in [1.54, 1.807) is 18.3 Å². The molecule has 3 aromatic rings. The van der Waals surface area contributed by atoms with Crippen LogP contribution in [-0.2, 0) is 10.0 Å². The Labute approximate surface area is 170 Å². The van der Waals surface area contributed by atoms with Crippen molar-refractivity contribution in [3.05, 3.63) is 59.9 Å². The van der Waals surface area contributed by atoms with E-state index in [0.29, 0.717) is 24.6 Å². The van der Waals surface area contributed by atoms with Crippen LogP contribution in [0.4, 0.5) is 0 Å². The van der Waals surface area contributed by atoms with E-state index in [1.165, 1.54) is 31.8 Å². The van der Waals surface area contributed by atoms with Crippen molar-refractivity contribution < 1.29 is 13.2 Å². The maximum absolute atomic E-state index is 12.9. The molecule has 1 saturated heterocycles. The number of nitrogens with one attached hydrogen (secondary N) is 1. The summed E-state index contributed by atoms with van der Waals surface area (Å²) < 4.78 is 25.5. The van der Waals surface area contributed by atoms with Gasteiger partial charge >= 0.3 is 0 Å². The van der Waals surface area contributed by atoms with E-state index in [0.717, 1.165) is 28.2 Å². The molecule has 8 heteroatoms. The first-order valence-electron chi connectivity index (χ1n) is 9.62. The molecular formula is C21H24N4O3S. The van der Waals surface area contributed by atoms with Gasteiger partial charge in [-0.25, -0.2) is 17.7 Å². The molecule has 0 aliphatic carbocycles. The zero-order valence-electron chi connectivity index (χ0n) is 16.5. The van der Waals surface area contributed by atoms with Crippen molar-refractivity contribution in [2.45, 2.75) is 23.7 Å². The first-order valence-corrected chi connectivity index (χ1v) is 11.1. The maximum Gasteiger partial charge on any atom is 0.253 e. The van der Waals surface area contributed by atoms with Gasteiger partial charge in [0.2, 0.25) is 10.0 Å². The molecule has 1 aromatic carbocycles. The number of benzene rings is 1. The van der Waals surface area contributed by atoms with Crippen LogP contribution >= 0.6 is 0 Å². The van der Waals surface area contributed by atoms with E-state index in [4.69, 9.17) is 0 Å². The molecule has 0 spiro atoms. The van der Waals surface area contributed by atoms with Gasteiger partial charge in [0.25, 0.3) is 5.91 Å². The van der Waals surface area contributed by atoms with Gasteiger partial charge in [-0.3, -0.25) is 4.79 Å². The molecule has 4 rings (SSSR count). The van der Waals surface area contributed by atoms with Gasteiger partial charge in [0.15, 0.2) is 0 Å². The number of carbonyl (C=O) groups excluding carboxylic acids is 1. The van der Waals surface area contributed by atoms with Gasteiger partial charge in [-0.1, -0.05) is 0 Å². The Morgan fingerprint density at radius 3 is 2.48 bits per heavy atom. The van der Waals surface area contributed by atoms with E-state index in [9.17, 15) is 13.2 Å². The molecule has 2 aromatic heterocycles. The highest BCUT2D eigenvalue weighted by Gasteiger charge is 2.26. The molecule has 152 valence electrons. The van der Waals surface area contributed by atoms with Crippen molar-refractivity contribution in [2.24, 2.45) is 0 Å². The summed E-state index contributed by atoms with van der Waals surface area (Å²) in [6, 6.07) is 10.2. The smallest absolute Gasteiger partial charge is 0.253 e. The van der Waals surface area contributed by atoms with Crippen molar-refractivity contribution in [2.75, 3.05) is 27.2 Å². The monoisotopic (exact) mass is 412 g/mol. The fourth-order valence-corrected chi connectivity index (χ4v) is 4.77. The highest BCUT2D eigenvalue weighted by Crippen LogP contribution is 2.33. The lowest BCUT2D eigenvalue weighted by atomic mass is 9.89. The zero-order chi connectivity index (χ0) is 20.6. The van der Waals surface area contributed by atoms with Crippen LogP contribution in [-0.4, -0.2) is 60.7 Å². The molecule has 1 fully saturated rings. The number of likely N-dealkylation sites (tertiary alicyclic amines) is 1. The first kappa shape index (κ1) is 19.6. The summed E-state index contributed by atoms with van der Waals surface area (Å²) in [5.74, 6) is 0.336. The maximum atomic E-state index is 12.9. The Kier molecular flexibility index (Phi) is 5.14. The number of H-pyrrole nitrogens is 1. The van der Waals surface area contributed by atoms with Crippen molar-refractivity contribution in [1.82, 2.24) is 19.2 Å². The third-order valence-corrected chi connectivity index (χ3v) is 7.41. The third kappa shape index (κ3) is 3.65. The number of hydrogen-bond donors (Lipinski definition) is 1. The lowest BCUT2D eigenvalue weighted by Crippen LogP contribution is -2.37. The molecule has 0 radical (unpaired) electrons. The summed E-state index contributed by atoms with van der Waals surface area (Å²) in [6.45, 7) is 1.35. The second-order valence-corrected chi connectivity index (χ2v) is 9.67. The quantitative estimate of drug-likeness (QED) is 0.714. The minimum atomic E-state index is -3.49. The van der Waals surface area contributed by atoms with Crippen molar-refractivity contribution in [3.8, 4) is 0 Å². The highest BCUT2D eigenvalue weighted by atomic mass is 32.2. The molecule has 0 atom stereocenters. The first-order chi connectivity index (χ1) is 13.9. The minimum Gasteiger partial charge on any atom is -0.346 e. The van der Waals surface area contributed by atoms with Crippen molar-refractivity contribution >= 4 is 27.0 Å². The topological polar surface area (TPSA) is 86.4 Å². The molecule has 7 nitrogen and oxygen atoms in total. The third-order valence-electron chi connectivity index (χ3n) is 5.58. The molecule has 1 amide bonds. The molecule has 0 saturated carbocycles. The standard InChI is InChI=1S/C21H24N4O3S/c1-24(2)29(27,28)17-7-5-16(6-8-17)21(26)25-12-9-15(10-13-25)19-14-23-20-18(19)4-3-11-22-20/h3-8,11,14-15H,9-10,12-13H2,1-2H3,(H,22,23). The number of fused-ring (bicyclic) bond motifs is 1. The molecule has 29 heavy (non-hydrogen) atoms. The number of hydrogen-bond acceptors (Lipinski definition) is 4. The van der Waals surface area contributed by atoms with E-state index in [2.05, 4.69) is 16.0 Å². The summed E-state index contributed by atoms with van der Waals surface area (Å²) >= 11 is 0. The summed E-state index contributed by atoms with van der Waals surface area (Å²) in [7, 11) is -0.517. The van der Waals surface area contributed by atoms with Crippen LogP contribution in [0.15, 0.2) is 53.7 Å². The number of sulfonamides is 1. The normalized spacial score (nSPS) is 15.9. The number of rotatable bonds is 4. The van der Waals surface area contributed by atoms with Crippen molar-refractivity contribution in [1.29, 1.82) is 0 Å². The fourth-order valence-electron chi connectivity index (χ4n) is 3.87. The second kappa shape index (κ2) is 7.61. The number of amides is 1. The van der Waals surface area contributed by atoms with Crippen LogP contribution < -0.4 is 0 Å². The SMILES string of the molecule is CN(C)S(=O)(=O)c1ccc(C(=O)N2CCC(c3c[nH]c4ncccc34)CC2)cc1. The van der Waals surface area contributed by atoms with E-state index >= 15 is 0 Å². The van der Waals surface area contributed by atoms with Crippen LogP contribution in [0, 0.1) is 0 Å². The number of nitrogens with zero attached hydrogens (tertiary/aromatic N) is 3. The van der Waals surface area contributed by atoms with Gasteiger partial charge in [0.1, 0.15) is 5.65 Å². The minimum absolute atomic E-state index is 0.0576. The van der Waals surface area contributed by atoms with Gasteiger partial charge in [0, 0.05) is 50.5 Å². The van der Waals surface area contributed by atoms with Gasteiger partial charge in [-0.05, 0) is 60.7 Å². The van der Waals surface area contributed by atoms with E-state index < -0.39 is 10.0 Å². The van der Waals surface area contributed by atoms with Crippen LogP contribution in [0.25, 0.3) is 11.0 Å². The fraction of sp³-hybridized carbons (Fsp3) is 0.333. The van der Waals surface area contributed by atoms with Crippen molar-refractivity contribution in [3.63, 3.8) is 0 Å². The van der Waals surface area contributed by atoms with Crippen LogP contribution in [0.3, 0.4) is 0 Å². The van der Waals surface area contributed by atoms with Crippen LogP contribution in [0.5, 0.6) is 0 Å². The molecule has 1 aliphatic heterocycles. The Morgan fingerprint density at radius 2 is 1.83 bits per heavy atom. The predicted octanol–water partition coefficient (Wildman–Crippen LogP) is 2.83. The Bertz CT molecular complexity index is 1130. The molecule has 0 unspecified atom stereocenters. The van der Waals surface area contributed by atoms with Crippen LogP contribution in [0.1, 0.15) is 34.7 Å². The second-order valence-electron chi connectivity index (χ2n) is 7.52. The number of piperidine rings is 1. The average Bonchev–Trinajstić information content (AvgIpc) is 3.17. The predicted molar refractivity (Wildman–Crippen MR) is 111 cm³/mol. The molecule has 0 bridgehead atoms. The molecule has 1 aliphatic rings. The molecule has 1 N–H and O–H groups in total. The summed E-state index contributed by atoms with van der Waals surface area (Å²) in [6.07, 6.45) is 5.59. The zero-order valence-corrected chi connectivity index (χ0v) is 17.3. The highest BCUT2D eigenvalue weighted by molar-refractivity contribution is 7.89. The Morgan fingerprint density at radius 1 is 1.14 bits per heavy atom. The van der Waals surface area contributed by atoms with Gasteiger partial charge < -0.3 is 9.88 Å². The van der Waals surface area contributed by atoms with Crippen LogP contribution in [0.2, 0.25) is 0 Å². The lowest BCUT2D eigenvalue weighted by molar-refractivity contribution is 0.0713.